The first-order valence-corrected chi connectivity index (χ1v) is 11.4. The Labute approximate surface area is 198 Å². The van der Waals surface area contributed by atoms with Crippen LogP contribution in [0.2, 0.25) is 0 Å². The molecule has 1 heterocycles. The molecule has 1 aromatic carbocycles. The summed E-state index contributed by atoms with van der Waals surface area (Å²) < 4.78 is 16.5. The standard InChI is InChI=1S/C25H32O9/c1-3-15(2)10-22(30)34-24-23-19(17(12-26)13-32-24)11-20(25(23,31)14-27)33-21(29)9-6-16-4-7-18(28)8-5-16/h4-9,13,15,19-20,23-24,26-28,31H,3,10-12,14H2,1-2H3/t15-,19+,20-,23+,24+,25+/m0/s1. The van der Waals surface area contributed by atoms with Crippen LogP contribution in [0.15, 0.2) is 42.2 Å². The Morgan fingerprint density at radius 2 is 1.94 bits per heavy atom. The number of aliphatic hydroxyl groups excluding tert-OH is 2. The molecule has 0 aromatic heterocycles. The molecule has 3 rings (SSSR count). The van der Waals surface area contributed by atoms with Crippen molar-refractivity contribution in [1.82, 2.24) is 0 Å². The van der Waals surface area contributed by atoms with Crippen LogP contribution >= 0.6 is 0 Å². The Morgan fingerprint density at radius 1 is 1.24 bits per heavy atom. The molecule has 2 aliphatic rings. The molecule has 0 amide bonds. The van der Waals surface area contributed by atoms with Crippen LogP contribution in [-0.2, 0) is 23.8 Å². The van der Waals surface area contributed by atoms with E-state index in [1.807, 2.05) is 13.8 Å². The lowest BCUT2D eigenvalue weighted by Crippen LogP contribution is -2.54. The number of esters is 2. The number of aromatic hydroxyl groups is 1. The van der Waals surface area contributed by atoms with E-state index < -0.39 is 48.4 Å². The number of fused-ring (bicyclic) bond motifs is 1. The smallest absolute Gasteiger partial charge is 0.331 e. The molecule has 0 bridgehead atoms. The third-order valence-corrected chi connectivity index (χ3v) is 6.62. The second-order valence-electron chi connectivity index (χ2n) is 8.93. The Balaban J connectivity index is 1.77. The van der Waals surface area contributed by atoms with Gasteiger partial charge in [-0.1, -0.05) is 32.4 Å². The van der Waals surface area contributed by atoms with Crippen molar-refractivity contribution in [2.24, 2.45) is 17.8 Å². The summed E-state index contributed by atoms with van der Waals surface area (Å²) in [5, 5.41) is 40.6. The first kappa shape index (κ1) is 25.7. The van der Waals surface area contributed by atoms with Gasteiger partial charge in [-0.15, -0.1) is 0 Å². The molecular formula is C25H32O9. The van der Waals surface area contributed by atoms with Gasteiger partial charge in [0.2, 0.25) is 6.29 Å². The minimum atomic E-state index is -1.96. The van der Waals surface area contributed by atoms with E-state index in [0.29, 0.717) is 11.1 Å². The van der Waals surface area contributed by atoms with E-state index in [9.17, 15) is 30.0 Å². The first-order valence-electron chi connectivity index (χ1n) is 11.4. The number of ether oxygens (including phenoxy) is 3. The molecule has 0 unspecified atom stereocenters. The summed E-state index contributed by atoms with van der Waals surface area (Å²) >= 11 is 0. The fourth-order valence-corrected chi connectivity index (χ4v) is 4.43. The zero-order valence-electron chi connectivity index (χ0n) is 19.3. The minimum Gasteiger partial charge on any atom is -0.508 e. The largest absolute Gasteiger partial charge is 0.508 e. The van der Waals surface area contributed by atoms with Crippen LogP contribution < -0.4 is 0 Å². The van der Waals surface area contributed by atoms with Gasteiger partial charge >= 0.3 is 11.9 Å². The summed E-state index contributed by atoms with van der Waals surface area (Å²) in [5.41, 5.74) is -0.855. The fourth-order valence-electron chi connectivity index (χ4n) is 4.43. The zero-order valence-corrected chi connectivity index (χ0v) is 19.3. The van der Waals surface area contributed by atoms with E-state index in [-0.39, 0.29) is 31.1 Å². The number of phenolic OH excluding ortho intramolecular Hbond substituents is 1. The average molecular weight is 477 g/mol. The van der Waals surface area contributed by atoms with E-state index in [1.165, 1.54) is 30.5 Å². The highest BCUT2D eigenvalue weighted by molar-refractivity contribution is 5.87. The first-order chi connectivity index (χ1) is 16.2. The maximum absolute atomic E-state index is 12.5. The Hall–Kier alpha value is -2.88. The molecule has 1 aliphatic carbocycles. The molecule has 6 atom stereocenters. The van der Waals surface area contributed by atoms with Gasteiger partial charge in [0.1, 0.15) is 17.5 Å². The van der Waals surface area contributed by atoms with Gasteiger partial charge in [0.05, 0.1) is 25.4 Å². The van der Waals surface area contributed by atoms with Crippen molar-refractivity contribution >= 4 is 18.0 Å². The van der Waals surface area contributed by atoms with E-state index >= 15 is 0 Å². The number of aliphatic hydroxyl groups is 3. The van der Waals surface area contributed by atoms with Gasteiger partial charge in [-0.25, -0.2) is 4.79 Å². The molecule has 1 aliphatic heterocycles. The highest BCUT2D eigenvalue weighted by atomic mass is 16.7. The van der Waals surface area contributed by atoms with Gasteiger partial charge in [-0.3, -0.25) is 4.79 Å². The molecular weight excluding hydrogens is 444 g/mol. The van der Waals surface area contributed by atoms with E-state index in [0.717, 1.165) is 6.42 Å². The van der Waals surface area contributed by atoms with Crippen molar-refractivity contribution in [2.45, 2.75) is 51.1 Å². The maximum atomic E-state index is 12.5. The summed E-state index contributed by atoms with van der Waals surface area (Å²) in [6.07, 6.45) is 2.70. The Bertz CT molecular complexity index is 923. The lowest BCUT2D eigenvalue weighted by atomic mass is 9.80. The topological polar surface area (TPSA) is 143 Å². The quantitative estimate of drug-likeness (QED) is 0.310. The molecule has 34 heavy (non-hydrogen) atoms. The molecule has 1 saturated carbocycles. The summed E-state index contributed by atoms with van der Waals surface area (Å²) in [5.74, 6) is -2.53. The van der Waals surface area contributed by atoms with Gasteiger partial charge in [-0.05, 0) is 41.7 Å². The molecule has 9 nitrogen and oxygen atoms in total. The molecule has 4 N–H and O–H groups in total. The molecule has 0 spiro atoms. The lowest BCUT2D eigenvalue weighted by Gasteiger charge is -2.39. The summed E-state index contributed by atoms with van der Waals surface area (Å²) in [7, 11) is 0. The fraction of sp³-hybridized carbons (Fsp3) is 0.520. The van der Waals surface area contributed by atoms with E-state index in [2.05, 4.69) is 0 Å². The van der Waals surface area contributed by atoms with Crippen molar-refractivity contribution in [3.63, 3.8) is 0 Å². The molecule has 0 saturated heterocycles. The van der Waals surface area contributed by atoms with Crippen LogP contribution in [0.3, 0.4) is 0 Å². The van der Waals surface area contributed by atoms with Crippen LogP contribution in [0.25, 0.3) is 6.08 Å². The van der Waals surface area contributed by atoms with E-state index in [1.54, 1.807) is 12.1 Å². The summed E-state index contributed by atoms with van der Waals surface area (Å²) in [4.78, 5) is 24.9. The van der Waals surface area contributed by atoms with Gasteiger partial charge in [0, 0.05) is 18.4 Å². The number of benzene rings is 1. The molecule has 9 heteroatoms. The Morgan fingerprint density at radius 3 is 2.56 bits per heavy atom. The molecule has 0 radical (unpaired) electrons. The molecule has 1 fully saturated rings. The average Bonchev–Trinajstić information content (AvgIpc) is 3.11. The van der Waals surface area contributed by atoms with Gasteiger partial charge in [0.25, 0.3) is 0 Å². The Kier molecular flexibility index (Phi) is 8.35. The van der Waals surface area contributed by atoms with Crippen LogP contribution in [-0.4, -0.2) is 63.6 Å². The van der Waals surface area contributed by atoms with Crippen LogP contribution in [0, 0.1) is 17.8 Å². The molecule has 186 valence electrons. The summed E-state index contributed by atoms with van der Waals surface area (Å²) in [6.45, 7) is 2.74. The second-order valence-corrected chi connectivity index (χ2v) is 8.93. The number of hydrogen-bond donors (Lipinski definition) is 4. The second kappa shape index (κ2) is 11.0. The highest BCUT2D eigenvalue weighted by Gasteiger charge is 2.62. The highest BCUT2D eigenvalue weighted by Crippen LogP contribution is 2.50. The van der Waals surface area contributed by atoms with Gasteiger partial charge < -0.3 is 34.6 Å². The third-order valence-electron chi connectivity index (χ3n) is 6.62. The zero-order chi connectivity index (χ0) is 24.9. The van der Waals surface area contributed by atoms with Crippen LogP contribution in [0.5, 0.6) is 5.75 Å². The summed E-state index contributed by atoms with van der Waals surface area (Å²) in [6, 6.07) is 6.17. The third kappa shape index (κ3) is 5.60. The number of carbonyl (C=O) groups is 2. The van der Waals surface area contributed by atoms with Crippen molar-refractivity contribution in [3.05, 3.63) is 47.7 Å². The number of phenols is 1. The number of rotatable bonds is 9. The lowest BCUT2D eigenvalue weighted by molar-refractivity contribution is -0.221. The monoisotopic (exact) mass is 476 g/mol. The maximum Gasteiger partial charge on any atom is 0.331 e. The van der Waals surface area contributed by atoms with Crippen molar-refractivity contribution in [1.29, 1.82) is 0 Å². The van der Waals surface area contributed by atoms with Crippen LogP contribution in [0.4, 0.5) is 0 Å². The SMILES string of the molecule is CC[C@H](C)CC(=O)O[C@H]1OC=C(CO)[C@H]2C[C@H](OC(=O)C=Cc3ccc(O)cc3)[C@](O)(CO)[C@@H]12. The predicted molar refractivity (Wildman–Crippen MR) is 121 cm³/mol. The van der Waals surface area contributed by atoms with Crippen molar-refractivity contribution in [2.75, 3.05) is 13.2 Å². The number of hydrogen-bond acceptors (Lipinski definition) is 9. The van der Waals surface area contributed by atoms with E-state index in [4.69, 9.17) is 14.2 Å². The normalized spacial score (nSPS) is 29.1. The minimum absolute atomic E-state index is 0.0932. The van der Waals surface area contributed by atoms with Crippen molar-refractivity contribution in [3.8, 4) is 5.75 Å². The molecule has 1 aromatic rings. The van der Waals surface area contributed by atoms with Crippen molar-refractivity contribution < 1.29 is 44.2 Å². The predicted octanol–water partition coefficient (Wildman–Crippen LogP) is 1.89. The number of carbonyl (C=O) groups excluding carboxylic acids is 2. The van der Waals surface area contributed by atoms with Gasteiger partial charge in [0.15, 0.2) is 0 Å². The van der Waals surface area contributed by atoms with Crippen LogP contribution in [0.1, 0.15) is 38.7 Å². The van der Waals surface area contributed by atoms with Gasteiger partial charge in [-0.2, -0.15) is 0 Å².